The van der Waals surface area contributed by atoms with E-state index in [1.165, 1.54) is 0 Å². The summed E-state index contributed by atoms with van der Waals surface area (Å²) < 4.78 is 0. The van der Waals surface area contributed by atoms with E-state index >= 15 is 0 Å². The number of allylic oxidation sites excluding steroid dienone is 2. The monoisotopic (exact) mass is 287 g/mol. The number of carbonyl (C=O) groups is 2. The van der Waals surface area contributed by atoms with Gasteiger partial charge in [-0.05, 0) is 37.5 Å². The molecule has 1 aromatic carbocycles. The van der Waals surface area contributed by atoms with E-state index in [-0.39, 0.29) is 11.8 Å². The second kappa shape index (κ2) is 8.04. The highest BCUT2D eigenvalue weighted by molar-refractivity contribution is 5.92. The number of hydrogen-bond acceptors (Lipinski definition) is 2. The van der Waals surface area contributed by atoms with Gasteiger partial charge in [0.05, 0.1) is 5.92 Å². The number of hydrogen-bond donors (Lipinski definition) is 2. The molecule has 0 radical (unpaired) electrons. The maximum Gasteiger partial charge on any atom is 0.310 e. The summed E-state index contributed by atoms with van der Waals surface area (Å²) in [7, 11) is 0. The predicted octanol–water partition coefficient (Wildman–Crippen LogP) is 3.58. The summed E-state index contributed by atoms with van der Waals surface area (Å²) in [6.45, 7) is 8.92. The summed E-state index contributed by atoms with van der Waals surface area (Å²) in [6, 6.07) is 6.85. The van der Waals surface area contributed by atoms with Gasteiger partial charge in [-0.2, -0.15) is 0 Å². The van der Waals surface area contributed by atoms with E-state index in [2.05, 4.69) is 18.5 Å². The van der Waals surface area contributed by atoms with Crippen LogP contribution in [0.5, 0.6) is 0 Å². The Kier molecular flexibility index (Phi) is 6.40. The van der Waals surface area contributed by atoms with E-state index < -0.39 is 11.9 Å². The zero-order chi connectivity index (χ0) is 15.8. The number of rotatable bonds is 8. The number of carboxylic acid groups (broad SMARTS) is 1. The molecular weight excluding hydrogens is 266 g/mol. The van der Waals surface area contributed by atoms with Crippen molar-refractivity contribution in [1.82, 2.24) is 0 Å². The Morgan fingerprint density at radius 3 is 2.14 bits per heavy atom. The lowest BCUT2D eigenvalue weighted by Gasteiger charge is -2.14. The molecule has 0 saturated heterocycles. The number of benzene rings is 1. The Bertz CT molecular complexity index is 509. The van der Waals surface area contributed by atoms with Crippen LogP contribution in [0, 0.1) is 5.92 Å². The second-order valence-corrected chi connectivity index (χ2v) is 4.92. The van der Waals surface area contributed by atoms with Crippen molar-refractivity contribution in [1.29, 1.82) is 0 Å². The van der Waals surface area contributed by atoms with Gasteiger partial charge >= 0.3 is 5.97 Å². The Balaban J connectivity index is 2.74. The van der Waals surface area contributed by atoms with Crippen molar-refractivity contribution in [2.75, 3.05) is 5.32 Å². The lowest BCUT2D eigenvalue weighted by Crippen LogP contribution is -2.22. The molecule has 112 valence electrons. The van der Waals surface area contributed by atoms with E-state index in [9.17, 15) is 9.59 Å². The zero-order valence-electron chi connectivity index (χ0n) is 12.2. The van der Waals surface area contributed by atoms with E-state index in [0.29, 0.717) is 24.1 Å². The molecule has 4 nitrogen and oxygen atoms in total. The summed E-state index contributed by atoms with van der Waals surface area (Å²) in [4.78, 5) is 23.0. The fraction of sp³-hybridized carbons (Fsp3) is 0.294. The van der Waals surface area contributed by atoms with Crippen LogP contribution in [0.25, 0.3) is 0 Å². The number of carboxylic acids is 1. The smallest absolute Gasteiger partial charge is 0.310 e. The number of amides is 1. The fourth-order valence-corrected chi connectivity index (χ4v) is 1.95. The first-order valence-corrected chi connectivity index (χ1v) is 6.85. The largest absolute Gasteiger partial charge is 0.481 e. The van der Waals surface area contributed by atoms with Crippen molar-refractivity contribution in [3.05, 3.63) is 55.1 Å². The molecule has 4 heteroatoms. The normalized spacial score (nSPS) is 11.7. The van der Waals surface area contributed by atoms with Gasteiger partial charge in [0.2, 0.25) is 5.91 Å². The summed E-state index contributed by atoms with van der Waals surface area (Å²) in [5.41, 5.74) is 1.36. The molecule has 0 spiro atoms. The average Bonchev–Trinajstić information content (AvgIpc) is 2.47. The number of anilines is 1. The quantitative estimate of drug-likeness (QED) is 0.718. The van der Waals surface area contributed by atoms with Crippen molar-refractivity contribution >= 4 is 17.6 Å². The second-order valence-electron chi connectivity index (χ2n) is 4.92. The van der Waals surface area contributed by atoms with Crippen LogP contribution in [-0.4, -0.2) is 17.0 Å². The Labute approximate surface area is 125 Å². The molecule has 1 unspecified atom stereocenters. The molecule has 1 rings (SSSR count). The number of nitrogens with one attached hydrogen (secondary N) is 1. The molecule has 21 heavy (non-hydrogen) atoms. The minimum Gasteiger partial charge on any atom is -0.481 e. The Morgan fingerprint density at radius 1 is 1.19 bits per heavy atom. The Morgan fingerprint density at radius 2 is 1.71 bits per heavy atom. The highest BCUT2D eigenvalue weighted by Crippen LogP contribution is 2.19. The molecule has 0 aliphatic heterocycles. The van der Waals surface area contributed by atoms with Crippen LogP contribution in [0.2, 0.25) is 0 Å². The topological polar surface area (TPSA) is 66.4 Å². The van der Waals surface area contributed by atoms with Crippen molar-refractivity contribution in [3.63, 3.8) is 0 Å². The first-order valence-electron chi connectivity index (χ1n) is 6.85. The van der Waals surface area contributed by atoms with Gasteiger partial charge in [0.25, 0.3) is 0 Å². The molecule has 1 aromatic rings. The molecule has 0 bridgehead atoms. The first-order chi connectivity index (χ1) is 9.99. The van der Waals surface area contributed by atoms with Crippen molar-refractivity contribution in [3.8, 4) is 0 Å². The number of carbonyl (C=O) groups excluding carboxylic acids is 1. The third-order valence-corrected chi connectivity index (χ3v) is 3.32. The predicted molar refractivity (Wildman–Crippen MR) is 84.2 cm³/mol. The molecule has 1 atom stereocenters. The van der Waals surface area contributed by atoms with Gasteiger partial charge in [0.15, 0.2) is 0 Å². The molecule has 1 amide bonds. The van der Waals surface area contributed by atoms with E-state index in [4.69, 9.17) is 5.11 Å². The summed E-state index contributed by atoms with van der Waals surface area (Å²) in [6.07, 6.45) is 4.61. The highest BCUT2D eigenvalue weighted by atomic mass is 16.4. The summed E-state index contributed by atoms with van der Waals surface area (Å²) >= 11 is 0. The SMILES string of the molecule is C=CCC(CC=C)C(=O)Nc1ccc(C(C)C(=O)O)cc1. The molecule has 2 N–H and O–H groups in total. The molecule has 0 aliphatic carbocycles. The molecule has 0 aromatic heterocycles. The lowest BCUT2D eigenvalue weighted by atomic mass is 9.99. The highest BCUT2D eigenvalue weighted by Gasteiger charge is 2.16. The van der Waals surface area contributed by atoms with Crippen LogP contribution in [0.1, 0.15) is 31.2 Å². The van der Waals surface area contributed by atoms with Crippen LogP contribution in [-0.2, 0) is 9.59 Å². The molecular formula is C17H21NO3. The maximum atomic E-state index is 12.1. The maximum absolute atomic E-state index is 12.1. The van der Waals surface area contributed by atoms with Gasteiger partial charge in [0.1, 0.15) is 0 Å². The molecule has 0 saturated carbocycles. The lowest BCUT2D eigenvalue weighted by molar-refractivity contribution is -0.138. The van der Waals surface area contributed by atoms with Gasteiger partial charge < -0.3 is 10.4 Å². The molecule has 0 fully saturated rings. The number of aliphatic carboxylic acids is 1. The van der Waals surface area contributed by atoms with Crippen LogP contribution in [0.15, 0.2) is 49.6 Å². The van der Waals surface area contributed by atoms with Gasteiger partial charge in [0, 0.05) is 11.6 Å². The standard InChI is InChI=1S/C17H21NO3/c1-4-6-14(7-5-2)16(19)18-15-10-8-13(9-11-15)12(3)17(20)21/h4-5,8-12,14H,1-2,6-7H2,3H3,(H,18,19)(H,20,21). The minimum absolute atomic E-state index is 0.0890. The van der Waals surface area contributed by atoms with E-state index in [1.807, 2.05) is 0 Å². The third kappa shape index (κ3) is 4.91. The molecule has 0 aliphatic rings. The molecule has 0 heterocycles. The fourth-order valence-electron chi connectivity index (χ4n) is 1.95. The van der Waals surface area contributed by atoms with E-state index in [0.717, 1.165) is 0 Å². The Hall–Kier alpha value is -2.36. The van der Waals surface area contributed by atoms with Crippen LogP contribution >= 0.6 is 0 Å². The summed E-state index contributed by atoms with van der Waals surface area (Å²) in [5.74, 6) is -1.71. The van der Waals surface area contributed by atoms with Gasteiger partial charge in [-0.3, -0.25) is 9.59 Å². The van der Waals surface area contributed by atoms with Gasteiger partial charge in [-0.15, -0.1) is 13.2 Å². The third-order valence-electron chi connectivity index (χ3n) is 3.32. The van der Waals surface area contributed by atoms with Crippen molar-refractivity contribution in [2.24, 2.45) is 5.92 Å². The van der Waals surface area contributed by atoms with Gasteiger partial charge in [-0.25, -0.2) is 0 Å². The first kappa shape index (κ1) is 16.7. The van der Waals surface area contributed by atoms with Crippen LogP contribution in [0.4, 0.5) is 5.69 Å². The van der Waals surface area contributed by atoms with Crippen molar-refractivity contribution < 1.29 is 14.7 Å². The van der Waals surface area contributed by atoms with Gasteiger partial charge in [-0.1, -0.05) is 24.3 Å². The average molecular weight is 287 g/mol. The minimum atomic E-state index is -0.871. The van der Waals surface area contributed by atoms with Crippen LogP contribution < -0.4 is 5.32 Å². The van der Waals surface area contributed by atoms with Crippen molar-refractivity contribution in [2.45, 2.75) is 25.7 Å². The zero-order valence-corrected chi connectivity index (χ0v) is 12.2. The van der Waals surface area contributed by atoms with E-state index in [1.54, 1.807) is 43.3 Å². The van der Waals surface area contributed by atoms with Crippen LogP contribution in [0.3, 0.4) is 0 Å². The summed E-state index contributed by atoms with van der Waals surface area (Å²) in [5, 5.41) is 11.8.